The highest BCUT2D eigenvalue weighted by Gasteiger charge is 2.51. The van der Waals surface area contributed by atoms with Crippen LogP contribution in [0, 0.1) is 23.2 Å². The lowest BCUT2D eigenvalue weighted by Gasteiger charge is -2.17. The molecule has 2 saturated heterocycles. The Morgan fingerprint density at radius 2 is 1.88 bits per heavy atom. The van der Waals surface area contributed by atoms with E-state index < -0.39 is 11.8 Å². The Balaban J connectivity index is 2.11. The first-order valence-electron chi connectivity index (χ1n) is 5.02. The third-order valence-electron chi connectivity index (χ3n) is 3.20. The van der Waals surface area contributed by atoms with Crippen molar-refractivity contribution in [1.82, 2.24) is 9.80 Å². The summed E-state index contributed by atoms with van der Waals surface area (Å²) in [7, 11) is 1.46. The minimum absolute atomic E-state index is 0.197. The Kier molecular flexibility index (Phi) is 2.38. The molecule has 6 heteroatoms. The van der Waals surface area contributed by atoms with Gasteiger partial charge in [0.2, 0.25) is 17.7 Å². The van der Waals surface area contributed by atoms with Gasteiger partial charge in [0.05, 0.1) is 17.9 Å². The van der Waals surface area contributed by atoms with Crippen molar-refractivity contribution in [2.24, 2.45) is 11.8 Å². The summed E-state index contributed by atoms with van der Waals surface area (Å²) in [6.07, 6.45) is -0.197. The molecule has 0 aromatic carbocycles. The van der Waals surface area contributed by atoms with Gasteiger partial charge in [-0.25, -0.2) is 0 Å². The second-order valence-electron chi connectivity index (χ2n) is 4.08. The van der Waals surface area contributed by atoms with Crippen LogP contribution < -0.4 is 0 Å². The zero-order valence-electron chi connectivity index (χ0n) is 8.84. The van der Waals surface area contributed by atoms with E-state index in [1.165, 1.54) is 11.9 Å². The summed E-state index contributed by atoms with van der Waals surface area (Å²) < 4.78 is 0. The normalized spacial score (nSPS) is 28.2. The topological polar surface area (TPSA) is 81.5 Å². The lowest BCUT2D eigenvalue weighted by Crippen LogP contribution is -2.35. The summed E-state index contributed by atoms with van der Waals surface area (Å²) in [6.45, 7) is 0.528. The lowest BCUT2D eigenvalue weighted by molar-refractivity contribution is -0.139. The average molecular weight is 221 g/mol. The summed E-state index contributed by atoms with van der Waals surface area (Å²) in [5.74, 6) is -1.55. The molecule has 84 valence electrons. The number of hydrogen-bond acceptors (Lipinski definition) is 4. The van der Waals surface area contributed by atoms with E-state index in [0.717, 1.165) is 4.90 Å². The first-order valence-corrected chi connectivity index (χ1v) is 5.02. The van der Waals surface area contributed by atoms with E-state index >= 15 is 0 Å². The summed E-state index contributed by atoms with van der Waals surface area (Å²) in [5.41, 5.74) is 0. The van der Waals surface area contributed by atoms with Crippen LogP contribution in [0.1, 0.15) is 6.42 Å². The Morgan fingerprint density at radius 3 is 2.31 bits per heavy atom. The van der Waals surface area contributed by atoms with E-state index in [1.807, 2.05) is 0 Å². The quantitative estimate of drug-likeness (QED) is 0.530. The molecule has 0 radical (unpaired) electrons. The Hall–Kier alpha value is -1.90. The molecule has 2 rings (SSSR count). The second-order valence-corrected chi connectivity index (χ2v) is 4.08. The van der Waals surface area contributed by atoms with Crippen LogP contribution in [0.3, 0.4) is 0 Å². The molecule has 0 saturated carbocycles. The SMILES string of the molecule is CN1C(=O)[C@H]2CN(C(=O)CC#N)C[C@H]2C1=O. The fourth-order valence-corrected chi connectivity index (χ4v) is 2.29. The zero-order chi connectivity index (χ0) is 11.9. The second kappa shape index (κ2) is 3.59. The van der Waals surface area contributed by atoms with Crippen molar-refractivity contribution >= 4 is 17.7 Å². The van der Waals surface area contributed by atoms with E-state index in [4.69, 9.17) is 5.26 Å². The van der Waals surface area contributed by atoms with Crippen LogP contribution in [-0.2, 0) is 14.4 Å². The van der Waals surface area contributed by atoms with Gasteiger partial charge >= 0.3 is 0 Å². The van der Waals surface area contributed by atoms with Crippen LogP contribution in [0.2, 0.25) is 0 Å². The van der Waals surface area contributed by atoms with Crippen molar-refractivity contribution in [2.75, 3.05) is 20.1 Å². The van der Waals surface area contributed by atoms with Crippen LogP contribution in [0.5, 0.6) is 0 Å². The zero-order valence-corrected chi connectivity index (χ0v) is 8.84. The first kappa shape index (κ1) is 10.6. The molecule has 0 spiro atoms. The molecule has 0 aromatic rings. The van der Waals surface area contributed by atoms with Gasteiger partial charge in [-0.05, 0) is 0 Å². The number of nitrogens with zero attached hydrogens (tertiary/aromatic N) is 3. The summed E-state index contributed by atoms with van der Waals surface area (Å²) in [4.78, 5) is 37.2. The number of likely N-dealkylation sites (tertiary alicyclic amines) is 2. The fourth-order valence-electron chi connectivity index (χ4n) is 2.29. The van der Waals surface area contributed by atoms with Gasteiger partial charge in [-0.15, -0.1) is 0 Å². The molecule has 2 aliphatic heterocycles. The van der Waals surface area contributed by atoms with E-state index in [1.54, 1.807) is 6.07 Å². The molecular formula is C10H11N3O3. The Labute approximate surface area is 92.4 Å². The van der Waals surface area contributed by atoms with Crippen molar-refractivity contribution in [3.63, 3.8) is 0 Å². The van der Waals surface area contributed by atoms with Crippen molar-refractivity contribution in [2.45, 2.75) is 6.42 Å². The Morgan fingerprint density at radius 1 is 1.38 bits per heavy atom. The number of carbonyl (C=O) groups excluding carboxylic acids is 3. The number of hydrogen-bond donors (Lipinski definition) is 0. The van der Waals surface area contributed by atoms with E-state index in [2.05, 4.69) is 0 Å². The van der Waals surface area contributed by atoms with Gasteiger partial charge in [-0.2, -0.15) is 5.26 Å². The molecule has 2 fully saturated rings. The average Bonchev–Trinajstić information content (AvgIpc) is 2.77. The summed E-state index contributed by atoms with van der Waals surface area (Å²) >= 11 is 0. The number of amides is 3. The lowest BCUT2D eigenvalue weighted by atomic mass is 10.00. The van der Waals surface area contributed by atoms with Gasteiger partial charge in [0.1, 0.15) is 6.42 Å². The third kappa shape index (κ3) is 1.36. The van der Waals surface area contributed by atoms with E-state index in [9.17, 15) is 14.4 Å². The number of fused-ring (bicyclic) bond motifs is 1. The van der Waals surface area contributed by atoms with Crippen molar-refractivity contribution in [3.8, 4) is 6.07 Å². The highest BCUT2D eigenvalue weighted by atomic mass is 16.2. The summed E-state index contributed by atoms with van der Waals surface area (Å²) in [6, 6.07) is 1.77. The maximum absolute atomic E-state index is 11.6. The minimum atomic E-state index is -0.403. The summed E-state index contributed by atoms with van der Waals surface area (Å²) in [5, 5.41) is 8.41. The molecule has 6 nitrogen and oxygen atoms in total. The highest BCUT2D eigenvalue weighted by Crippen LogP contribution is 2.32. The van der Waals surface area contributed by atoms with Crippen LogP contribution >= 0.6 is 0 Å². The highest BCUT2D eigenvalue weighted by molar-refractivity contribution is 6.06. The van der Waals surface area contributed by atoms with Gasteiger partial charge in [0.15, 0.2) is 0 Å². The fraction of sp³-hybridized carbons (Fsp3) is 0.600. The first-order chi connectivity index (χ1) is 7.56. The molecular weight excluding hydrogens is 210 g/mol. The van der Waals surface area contributed by atoms with E-state index in [-0.39, 0.29) is 37.2 Å². The van der Waals surface area contributed by atoms with Crippen molar-refractivity contribution in [1.29, 1.82) is 5.26 Å². The van der Waals surface area contributed by atoms with Crippen molar-refractivity contribution in [3.05, 3.63) is 0 Å². The van der Waals surface area contributed by atoms with Gasteiger partial charge in [0.25, 0.3) is 0 Å². The molecule has 2 atom stereocenters. The van der Waals surface area contributed by atoms with Crippen LogP contribution in [0.25, 0.3) is 0 Å². The maximum atomic E-state index is 11.6. The standard InChI is InChI=1S/C10H11N3O3/c1-12-9(15)6-4-13(8(14)2-3-11)5-7(6)10(12)16/h6-7H,2,4-5H2,1H3/t6-,7+. The molecule has 0 aliphatic carbocycles. The number of rotatable bonds is 1. The van der Waals surface area contributed by atoms with Crippen LogP contribution in [0.15, 0.2) is 0 Å². The Bertz CT molecular complexity index is 388. The van der Waals surface area contributed by atoms with Gasteiger partial charge in [-0.3, -0.25) is 19.3 Å². The molecule has 2 heterocycles. The maximum Gasteiger partial charge on any atom is 0.236 e. The van der Waals surface area contributed by atoms with Crippen LogP contribution in [0.4, 0.5) is 0 Å². The predicted octanol–water partition coefficient (Wildman–Crippen LogP) is -1.03. The van der Waals surface area contributed by atoms with Gasteiger partial charge < -0.3 is 4.90 Å². The van der Waals surface area contributed by atoms with Gasteiger partial charge in [-0.1, -0.05) is 0 Å². The molecule has 3 amide bonds. The molecule has 0 aromatic heterocycles. The largest absolute Gasteiger partial charge is 0.340 e. The molecule has 16 heavy (non-hydrogen) atoms. The number of carbonyl (C=O) groups is 3. The molecule has 0 bridgehead atoms. The third-order valence-corrected chi connectivity index (χ3v) is 3.20. The number of imide groups is 1. The van der Waals surface area contributed by atoms with Gasteiger partial charge in [0, 0.05) is 20.1 Å². The monoisotopic (exact) mass is 221 g/mol. The van der Waals surface area contributed by atoms with Crippen LogP contribution in [-0.4, -0.2) is 47.7 Å². The number of nitriles is 1. The smallest absolute Gasteiger partial charge is 0.236 e. The molecule has 0 N–H and O–H groups in total. The predicted molar refractivity (Wildman–Crippen MR) is 51.6 cm³/mol. The van der Waals surface area contributed by atoms with E-state index in [0.29, 0.717) is 0 Å². The minimum Gasteiger partial charge on any atom is -0.340 e. The molecule has 0 unspecified atom stereocenters. The molecule has 2 aliphatic rings. The van der Waals surface area contributed by atoms with Crippen molar-refractivity contribution < 1.29 is 14.4 Å².